The standard InChI is InChI=1S/C3H7F2O3P/c1-2-8-9(6,7)3(4)5/h3H,2H2,1H3,(H,6,7). The van der Waals surface area contributed by atoms with Gasteiger partial charge in [0.2, 0.25) is 0 Å². The van der Waals surface area contributed by atoms with Crippen LogP contribution in [-0.2, 0) is 9.09 Å². The Morgan fingerprint density at radius 3 is 2.33 bits per heavy atom. The summed E-state index contributed by atoms with van der Waals surface area (Å²) >= 11 is 0. The van der Waals surface area contributed by atoms with Gasteiger partial charge in [0.25, 0.3) is 0 Å². The molecule has 0 radical (unpaired) electrons. The first kappa shape index (κ1) is 9.01. The van der Waals surface area contributed by atoms with Crippen LogP contribution in [0.3, 0.4) is 0 Å². The molecule has 1 N–H and O–H groups in total. The molecular weight excluding hydrogens is 153 g/mol. The average molecular weight is 160 g/mol. The summed E-state index contributed by atoms with van der Waals surface area (Å²) in [5, 5.41) is 0. The Bertz CT molecular complexity index is 126. The van der Waals surface area contributed by atoms with Crippen molar-refractivity contribution in [1.82, 2.24) is 0 Å². The van der Waals surface area contributed by atoms with E-state index in [0.717, 1.165) is 0 Å². The monoisotopic (exact) mass is 160 g/mol. The highest BCUT2D eigenvalue weighted by Crippen LogP contribution is 2.48. The van der Waals surface area contributed by atoms with Gasteiger partial charge in [-0.15, -0.1) is 0 Å². The van der Waals surface area contributed by atoms with Crippen molar-refractivity contribution in [3.05, 3.63) is 0 Å². The van der Waals surface area contributed by atoms with Gasteiger partial charge in [0.1, 0.15) is 0 Å². The summed E-state index contributed by atoms with van der Waals surface area (Å²) in [5.74, 6) is 0. The lowest BCUT2D eigenvalue weighted by Crippen LogP contribution is -1.97. The second kappa shape index (κ2) is 3.25. The van der Waals surface area contributed by atoms with Gasteiger partial charge in [-0.2, -0.15) is 8.78 Å². The molecule has 0 rings (SSSR count). The Kier molecular flexibility index (Phi) is 3.25. The molecule has 0 fully saturated rings. The summed E-state index contributed by atoms with van der Waals surface area (Å²) < 4.78 is 36.7. The maximum Gasteiger partial charge on any atom is 0.393 e. The fraction of sp³-hybridized carbons (Fsp3) is 1.00. The molecule has 0 aromatic heterocycles. The molecule has 0 aromatic rings. The van der Waals surface area contributed by atoms with Gasteiger partial charge in [-0.05, 0) is 6.92 Å². The molecule has 0 saturated carbocycles. The Morgan fingerprint density at radius 1 is 1.78 bits per heavy atom. The van der Waals surface area contributed by atoms with Gasteiger partial charge >= 0.3 is 13.8 Å². The minimum absolute atomic E-state index is 0.182. The molecule has 0 saturated heterocycles. The van der Waals surface area contributed by atoms with E-state index in [1.807, 2.05) is 0 Å². The molecule has 0 aliphatic carbocycles. The summed E-state index contributed by atoms with van der Waals surface area (Å²) in [6.45, 7) is 1.18. The molecular formula is C3H7F2O3P. The zero-order valence-corrected chi connectivity index (χ0v) is 5.65. The van der Waals surface area contributed by atoms with Gasteiger partial charge in [-0.25, -0.2) is 0 Å². The van der Waals surface area contributed by atoms with E-state index in [4.69, 9.17) is 4.89 Å². The minimum Gasteiger partial charge on any atom is -0.320 e. The van der Waals surface area contributed by atoms with Crippen molar-refractivity contribution in [3.8, 4) is 0 Å². The van der Waals surface area contributed by atoms with Crippen LogP contribution in [0.25, 0.3) is 0 Å². The van der Waals surface area contributed by atoms with Gasteiger partial charge in [0.05, 0.1) is 6.61 Å². The van der Waals surface area contributed by atoms with Crippen LogP contribution in [0.15, 0.2) is 0 Å². The molecule has 1 atom stereocenters. The zero-order chi connectivity index (χ0) is 7.49. The number of hydrogen-bond acceptors (Lipinski definition) is 2. The lowest BCUT2D eigenvalue weighted by atomic mass is 10.9. The summed E-state index contributed by atoms with van der Waals surface area (Å²) in [6.07, 6.45) is -3.29. The van der Waals surface area contributed by atoms with Crippen LogP contribution in [0.2, 0.25) is 0 Å². The molecule has 6 heteroatoms. The quantitative estimate of drug-likeness (QED) is 0.635. The van der Waals surface area contributed by atoms with Gasteiger partial charge in [-0.3, -0.25) is 4.57 Å². The maximum absolute atomic E-state index is 11.4. The number of rotatable bonds is 3. The van der Waals surface area contributed by atoms with Crippen LogP contribution >= 0.6 is 7.60 Å². The van der Waals surface area contributed by atoms with Crippen LogP contribution in [0, 0.1) is 0 Å². The van der Waals surface area contributed by atoms with Gasteiger partial charge in [0.15, 0.2) is 0 Å². The molecule has 3 nitrogen and oxygen atoms in total. The number of hydrogen-bond donors (Lipinski definition) is 1. The molecule has 0 aromatic carbocycles. The van der Waals surface area contributed by atoms with Crippen molar-refractivity contribution in [2.75, 3.05) is 6.61 Å². The second-order valence-electron chi connectivity index (χ2n) is 1.26. The number of halogens is 2. The first-order chi connectivity index (χ1) is 4.00. The Morgan fingerprint density at radius 2 is 2.22 bits per heavy atom. The van der Waals surface area contributed by atoms with Crippen molar-refractivity contribution in [2.45, 2.75) is 13.1 Å². The molecule has 0 amide bonds. The first-order valence-corrected chi connectivity index (χ1v) is 3.90. The Balaban J connectivity index is 3.87. The summed E-state index contributed by atoms with van der Waals surface area (Å²) in [4.78, 5) is 8.18. The van der Waals surface area contributed by atoms with Crippen molar-refractivity contribution in [3.63, 3.8) is 0 Å². The van der Waals surface area contributed by atoms with Gasteiger partial charge < -0.3 is 9.42 Å². The highest BCUT2D eigenvalue weighted by atomic mass is 31.2. The van der Waals surface area contributed by atoms with Crippen molar-refractivity contribution in [1.29, 1.82) is 0 Å². The zero-order valence-electron chi connectivity index (χ0n) is 4.75. The van der Waals surface area contributed by atoms with E-state index in [9.17, 15) is 13.3 Å². The molecule has 1 unspecified atom stereocenters. The molecule has 0 aliphatic heterocycles. The summed E-state index contributed by atoms with van der Waals surface area (Å²) in [5.41, 5.74) is 0. The van der Waals surface area contributed by atoms with E-state index in [2.05, 4.69) is 4.52 Å². The third kappa shape index (κ3) is 2.89. The molecule has 0 heterocycles. The Hall–Kier alpha value is 0.01000. The van der Waals surface area contributed by atoms with Crippen LogP contribution in [0.5, 0.6) is 0 Å². The third-order valence-corrected chi connectivity index (χ3v) is 1.68. The Labute approximate surface area is 51.2 Å². The summed E-state index contributed by atoms with van der Waals surface area (Å²) in [7, 11) is -4.60. The molecule has 9 heavy (non-hydrogen) atoms. The summed E-state index contributed by atoms with van der Waals surface area (Å²) in [6, 6.07) is 0. The van der Waals surface area contributed by atoms with E-state index in [1.54, 1.807) is 0 Å². The van der Waals surface area contributed by atoms with Crippen molar-refractivity contribution >= 4 is 7.60 Å². The number of alkyl halides is 2. The highest BCUT2D eigenvalue weighted by molar-refractivity contribution is 7.53. The van der Waals surface area contributed by atoms with E-state index in [0.29, 0.717) is 0 Å². The lowest BCUT2D eigenvalue weighted by Gasteiger charge is -2.07. The fourth-order valence-corrected chi connectivity index (χ4v) is 0.724. The van der Waals surface area contributed by atoms with Gasteiger partial charge in [-0.1, -0.05) is 0 Å². The van der Waals surface area contributed by atoms with E-state index >= 15 is 0 Å². The average Bonchev–Trinajstić information content (AvgIpc) is 1.65. The van der Waals surface area contributed by atoms with E-state index in [-0.39, 0.29) is 6.61 Å². The maximum atomic E-state index is 11.4. The van der Waals surface area contributed by atoms with E-state index in [1.165, 1.54) is 6.92 Å². The SMILES string of the molecule is CCOP(=O)(O)C(F)F. The fourth-order valence-electron chi connectivity index (χ4n) is 0.241. The van der Waals surface area contributed by atoms with Crippen LogP contribution in [0.1, 0.15) is 6.92 Å². The predicted molar refractivity (Wildman–Crippen MR) is 27.5 cm³/mol. The normalized spacial score (nSPS) is 17.9. The smallest absolute Gasteiger partial charge is 0.320 e. The third-order valence-electron chi connectivity index (χ3n) is 0.561. The predicted octanol–water partition coefficient (Wildman–Crippen LogP) is 1.43. The minimum atomic E-state index is -4.60. The molecule has 56 valence electrons. The van der Waals surface area contributed by atoms with Crippen LogP contribution in [0.4, 0.5) is 8.78 Å². The first-order valence-electron chi connectivity index (χ1n) is 2.26. The van der Waals surface area contributed by atoms with E-state index < -0.39 is 13.8 Å². The molecule has 0 bridgehead atoms. The van der Waals surface area contributed by atoms with Crippen molar-refractivity contribution in [2.24, 2.45) is 0 Å². The largest absolute Gasteiger partial charge is 0.393 e. The lowest BCUT2D eigenvalue weighted by molar-refractivity contribution is 0.160. The van der Waals surface area contributed by atoms with Gasteiger partial charge in [0, 0.05) is 0 Å². The second-order valence-corrected chi connectivity index (χ2v) is 3.04. The van der Waals surface area contributed by atoms with Crippen LogP contribution in [-0.4, -0.2) is 17.7 Å². The molecule has 0 aliphatic rings. The van der Waals surface area contributed by atoms with Crippen LogP contribution < -0.4 is 0 Å². The molecule has 0 spiro atoms. The van der Waals surface area contributed by atoms with Crippen molar-refractivity contribution < 1.29 is 22.8 Å². The topological polar surface area (TPSA) is 46.5 Å². The highest BCUT2D eigenvalue weighted by Gasteiger charge is 2.31.